The van der Waals surface area contributed by atoms with Gasteiger partial charge in [0.1, 0.15) is 0 Å². The monoisotopic (exact) mass is 366 g/mol. The maximum Gasteiger partial charge on any atom is 0.355 e. The molecule has 1 aliphatic heterocycles. The molecular weight excluding hydrogens is 348 g/mol. The number of hydrogen-bond acceptors (Lipinski definition) is 5. The van der Waals surface area contributed by atoms with Crippen LogP contribution in [0.25, 0.3) is 0 Å². The number of benzene rings is 1. The van der Waals surface area contributed by atoms with E-state index in [1.165, 1.54) is 21.2 Å². The van der Waals surface area contributed by atoms with Crippen molar-refractivity contribution in [3.05, 3.63) is 52.0 Å². The molecule has 1 saturated heterocycles. The summed E-state index contributed by atoms with van der Waals surface area (Å²) in [6.45, 7) is 0.827. The molecular formula is C16H18N2O4S2. The Morgan fingerprint density at radius 2 is 1.92 bits per heavy atom. The Labute approximate surface area is 144 Å². The fourth-order valence-electron chi connectivity index (χ4n) is 2.98. The van der Waals surface area contributed by atoms with E-state index in [0.717, 1.165) is 10.4 Å². The van der Waals surface area contributed by atoms with E-state index in [9.17, 15) is 13.2 Å². The van der Waals surface area contributed by atoms with Gasteiger partial charge in [0.2, 0.25) is 10.0 Å². The van der Waals surface area contributed by atoms with E-state index in [1.807, 2.05) is 18.2 Å². The topological polar surface area (TPSA) is 87.6 Å². The van der Waals surface area contributed by atoms with Crippen LogP contribution >= 0.6 is 11.3 Å². The molecule has 1 N–H and O–H groups in total. The quantitative estimate of drug-likeness (QED) is 0.879. The van der Waals surface area contributed by atoms with Crippen molar-refractivity contribution in [2.45, 2.75) is 24.5 Å². The van der Waals surface area contributed by atoms with Gasteiger partial charge in [-0.25, -0.2) is 22.5 Å². The number of carboxylic acids is 1. The van der Waals surface area contributed by atoms with Crippen LogP contribution in [0, 0.1) is 0 Å². The van der Waals surface area contributed by atoms with Crippen molar-refractivity contribution >= 4 is 27.3 Å². The molecule has 0 radical (unpaired) electrons. The number of carboxylic acid groups (broad SMARTS) is 1. The van der Waals surface area contributed by atoms with Gasteiger partial charge in [0, 0.05) is 18.0 Å². The van der Waals surface area contributed by atoms with E-state index in [1.54, 1.807) is 12.1 Å². The predicted octanol–water partition coefficient (Wildman–Crippen LogP) is 2.55. The molecule has 3 rings (SSSR count). The summed E-state index contributed by atoms with van der Waals surface area (Å²) in [6, 6.07) is 9.13. The van der Waals surface area contributed by atoms with Gasteiger partial charge in [-0.05, 0) is 24.3 Å². The predicted molar refractivity (Wildman–Crippen MR) is 91.7 cm³/mol. The first kappa shape index (κ1) is 17.1. The average molecular weight is 366 g/mol. The second-order valence-electron chi connectivity index (χ2n) is 5.79. The molecule has 1 aliphatic rings. The third-order valence-electron chi connectivity index (χ3n) is 4.21. The van der Waals surface area contributed by atoms with Crippen molar-refractivity contribution in [1.82, 2.24) is 9.29 Å². The summed E-state index contributed by atoms with van der Waals surface area (Å²) >= 11 is 1.34. The Morgan fingerprint density at radius 1 is 1.25 bits per heavy atom. The first-order valence-electron chi connectivity index (χ1n) is 7.66. The largest absolute Gasteiger partial charge is 0.476 e. The zero-order chi connectivity index (χ0) is 17.2. The lowest BCUT2D eigenvalue weighted by molar-refractivity contribution is 0.0689. The molecule has 0 spiro atoms. The summed E-state index contributed by atoms with van der Waals surface area (Å²) in [5, 5.41) is 9.17. The number of nitrogens with zero attached hydrogens (tertiary/aromatic N) is 2. The molecule has 0 saturated carbocycles. The summed E-state index contributed by atoms with van der Waals surface area (Å²) < 4.78 is 26.6. The van der Waals surface area contributed by atoms with Crippen molar-refractivity contribution in [3.8, 4) is 0 Å². The van der Waals surface area contributed by atoms with Crippen LogP contribution in [0.3, 0.4) is 0 Å². The first-order chi connectivity index (χ1) is 11.5. The van der Waals surface area contributed by atoms with Gasteiger partial charge in [-0.2, -0.15) is 0 Å². The van der Waals surface area contributed by atoms with Crippen molar-refractivity contribution in [3.63, 3.8) is 0 Å². The number of thiazole rings is 1. The zero-order valence-corrected chi connectivity index (χ0v) is 14.6. The standard InChI is InChI=1S/C16H18N2O4S2/c19-16(20)14-15(23-11-17-14)13-6-8-18(9-7-13)24(21,22)10-12-4-2-1-3-5-12/h1-5,11,13H,6-10H2,(H,19,20). The van der Waals surface area contributed by atoms with Crippen LogP contribution in [0.4, 0.5) is 0 Å². The third-order valence-corrected chi connectivity index (χ3v) is 7.05. The summed E-state index contributed by atoms with van der Waals surface area (Å²) in [5.41, 5.74) is 2.41. The van der Waals surface area contributed by atoms with Gasteiger partial charge in [0.15, 0.2) is 5.69 Å². The molecule has 128 valence electrons. The molecule has 6 nitrogen and oxygen atoms in total. The molecule has 1 aromatic heterocycles. The molecule has 0 unspecified atom stereocenters. The Bertz CT molecular complexity index is 810. The lowest BCUT2D eigenvalue weighted by atomic mass is 9.95. The van der Waals surface area contributed by atoms with Gasteiger partial charge in [-0.1, -0.05) is 30.3 Å². The van der Waals surface area contributed by atoms with Crippen LogP contribution in [0.1, 0.15) is 39.7 Å². The molecule has 0 atom stereocenters. The van der Waals surface area contributed by atoms with Gasteiger partial charge in [-0.3, -0.25) is 0 Å². The lowest BCUT2D eigenvalue weighted by Gasteiger charge is -2.30. The van der Waals surface area contributed by atoms with Gasteiger partial charge >= 0.3 is 5.97 Å². The fraction of sp³-hybridized carbons (Fsp3) is 0.375. The Hall–Kier alpha value is -1.77. The van der Waals surface area contributed by atoms with Crippen molar-refractivity contribution in [2.75, 3.05) is 13.1 Å². The maximum absolute atomic E-state index is 12.5. The van der Waals surface area contributed by atoms with E-state index in [2.05, 4.69) is 4.98 Å². The Balaban J connectivity index is 1.66. The molecule has 8 heteroatoms. The molecule has 24 heavy (non-hydrogen) atoms. The highest BCUT2D eigenvalue weighted by atomic mass is 32.2. The fourth-order valence-corrected chi connectivity index (χ4v) is 5.49. The molecule has 2 aromatic rings. The summed E-state index contributed by atoms with van der Waals surface area (Å²) in [4.78, 5) is 15.8. The number of aromatic nitrogens is 1. The average Bonchev–Trinajstić information content (AvgIpc) is 3.05. The molecule has 0 bridgehead atoms. The van der Waals surface area contributed by atoms with Crippen molar-refractivity contribution in [2.24, 2.45) is 0 Å². The highest BCUT2D eigenvalue weighted by Crippen LogP contribution is 2.34. The van der Waals surface area contributed by atoms with E-state index in [0.29, 0.717) is 25.9 Å². The van der Waals surface area contributed by atoms with Crippen LogP contribution in [-0.2, 0) is 15.8 Å². The van der Waals surface area contributed by atoms with E-state index < -0.39 is 16.0 Å². The minimum atomic E-state index is -3.35. The molecule has 1 aromatic carbocycles. The number of aromatic carboxylic acids is 1. The van der Waals surface area contributed by atoms with E-state index >= 15 is 0 Å². The van der Waals surface area contributed by atoms with Gasteiger partial charge < -0.3 is 5.11 Å². The van der Waals surface area contributed by atoms with Crippen LogP contribution in [0.15, 0.2) is 35.8 Å². The minimum Gasteiger partial charge on any atom is -0.476 e. The number of rotatable bonds is 5. The van der Waals surface area contributed by atoms with Crippen molar-refractivity contribution < 1.29 is 18.3 Å². The molecule has 1 fully saturated rings. The molecule has 2 heterocycles. The summed E-state index contributed by atoms with van der Waals surface area (Å²) in [7, 11) is -3.35. The summed E-state index contributed by atoms with van der Waals surface area (Å²) in [6.07, 6.45) is 1.24. The highest BCUT2D eigenvalue weighted by molar-refractivity contribution is 7.88. The number of hydrogen-bond donors (Lipinski definition) is 1. The zero-order valence-electron chi connectivity index (χ0n) is 13.0. The van der Waals surface area contributed by atoms with Gasteiger partial charge in [0.25, 0.3) is 0 Å². The van der Waals surface area contributed by atoms with E-state index in [-0.39, 0.29) is 17.4 Å². The van der Waals surface area contributed by atoms with Crippen LogP contribution < -0.4 is 0 Å². The van der Waals surface area contributed by atoms with Crippen LogP contribution in [0.2, 0.25) is 0 Å². The second-order valence-corrected chi connectivity index (χ2v) is 8.64. The van der Waals surface area contributed by atoms with Crippen molar-refractivity contribution in [1.29, 1.82) is 0 Å². The Morgan fingerprint density at radius 3 is 2.54 bits per heavy atom. The van der Waals surface area contributed by atoms with Crippen LogP contribution in [-0.4, -0.2) is 41.9 Å². The van der Waals surface area contributed by atoms with Crippen LogP contribution in [0.5, 0.6) is 0 Å². The number of piperidine rings is 1. The number of carbonyl (C=O) groups is 1. The normalized spacial score (nSPS) is 17.0. The highest BCUT2D eigenvalue weighted by Gasteiger charge is 2.31. The SMILES string of the molecule is O=C(O)c1ncsc1C1CCN(S(=O)(=O)Cc2ccccc2)CC1. The number of sulfonamides is 1. The molecule has 0 aliphatic carbocycles. The lowest BCUT2D eigenvalue weighted by Crippen LogP contribution is -2.38. The minimum absolute atomic E-state index is 0.000555. The van der Waals surface area contributed by atoms with Gasteiger partial charge in [0.05, 0.1) is 11.3 Å². The summed E-state index contributed by atoms with van der Waals surface area (Å²) in [5.74, 6) is -0.962. The van der Waals surface area contributed by atoms with E-state index in [4.69, 9.17) is 5.11 Å². The Kier molecular flexibility index (Phi) is 4.98. The second kappa shape index (κ2) is 7.00. The third kappa shape index (κ3) is 3.66. The maximum atomic E-state index is 12.5. The van der Waals surface area contributed by atoms with Gasteiger partial charge in [-0.15, -0.1) is 11.3 Å². The first-order valence-corrected chi connectivity index (χ1v) is 10.1. The molecule has 0 amide bonds. The smallest absolute Gasteiger partial charge is 0.355 e.